The molecule has 0 saturated heterocycles. The van der Waals surface area contributed by atoms with Gasteiger partial charge in [0, 0.05) is 11.7 Å². The number of hydrogen-bond donors (Lipinski definition) is 1. The Labute approximate surface area is 113 Å². The quantitative estimate of drug-likeness (QED) is 0.916. The highest BCUT2D eigenvalue weighted by molar-refractivity contribution is 7.89. The van der Waals surface area contributed by atoms with Crippen LogP contribution in [0.25, 0.3) is 0 Å². The van der Waals surface area contributed by atoms with Crippen LogP contribution in [0.3, 0.4) is 0 Å². The van der Waals surface area contributed by atoms with Crippen molar-refractivity contribution in [1.82, 2.24) is 9.71 Å². The lowest BCUT2D eigenvalue weighted by molar-refractivity contribution is 0.294. The van der Waals surface area contributed by atoms with Gasteiger partial charge in [-0.3, -0.25) is 0 Å². The summed E-state index contributed by atoms with van der Waals surface area (Å²) in [5.74, 6) is 0. The van der Waals surface area contributed by atoms with Crippen molar-refractivity contribution < 1.29 is 8.42 Å². The molecule has 0 amide bonds. The first-order valence-electron chi connectivity index (χ1n) is 6.35. The average Bonchev–Trinajstić information content (AvgIpc) is 2.38. The van der Waals surface area contributed by atoms with Gasteiger partial charge >= 0.3 is 0 Å². The Morgan fingerprint density at radius 3 is 2.53 bits per heavy atom. The van der Waals surface area contributed by atoms with Gasteiger partial charge in [0.1, 0.15) is 16.7 Å². The van der Waals surface area contributed by atoms with Crippen LogP contribution in [0.1, 0.15) is 44.7 Å². The molecule has 0 spiro atoms. The molecule has 6 heteroatoms. The molecule has 1 aromatic rings. The summed E-state index contributed by atoms with van der Waals surface area (Å²) in [7, 11) is -3.57. The van der Waals surface area contributed by atoms with Crippen LogP contribution in [-0.4, -0.2) is 18.9 Å². The zero-order valence-corrected chi connectivity index (χ0v) is 11.7. The maximum Gasteiger partial charge on any atom is 0.242 e. The maximum absolute atomic E-state index is 12.3. The third-order valence-corrected chi connectivity index (χ3v) is 5.12. The lowest BCUT2D eigenvalue weighted by Crippen LogP contribution is -2.47. The zero-order chi connectivity index (χ0) is 13.9. The molecule has 102 valence electrons. The van der Waals surface area contributed by atoms with E-state index in [9.17, 15) is 8.42 Å². The molecule has 1 fully saturated rings. The predicted octanol–water partition coefficient (Wildman–Crippen LogP) is 1.95. The Bertz CT molecular complexity index is 581. The molecule has 0 aliphatic heterocycles. The summed E-state index contributed by atoms with van der Waals surface area (Å²) in [6.45, 7) is 1.95. The predicted molar refractivity (Wildman–Crippen MR) is 70.8 cm³/mol. The Balaban J connectivity index is 2.19. The van der Waals surface area contributed by atoms with Gasteiger partial charge in [0.15, 0.2) is 0 Å². The highest BCUT2D eigenvalue weighted by Crippen LogP contribution is 2.29. The van der Waals surface area contributed by atoms with Crippen molar-refractivity contribution in [2.24, 2.45) is 0 Å². The minimum Gasteiger partial charge on any atom is -0.244 e. The number of rotatable bonds is 3. The second-order valence-corrected chi connectivity index (χ2v) is 6.90. The van der Waals surface area contributed by atoms with E-state index in [1.807, 2.05) is 13.0 Å². The monoisotopic (exact) mass is 279 g/mol. The molecule has 1 aliphatic rings. The van der Waals surface area contributed by atoms with Crippen molar-refractivity contribution in [2.75, 3.05) is 0 Å². The molecule has 2 rings (SSSR count). The fourth-order valence-electron chi connectivity index (χ4n) is 2.42. The zero-order valence-electron chi connectivity index (χ0n) is 10.9. The maximum atomic E-state index is 12.3. The highest BCUT2D eigenvalue weighted by atomic mass is 32.2. The van der Waals surface area contributed by atoms with Gasteiger partial charge in [0.2, 0.25) is 10.0 Å². The standard InChI is InChI=1S/C13H17N3O2S/c1-13(7-3-2-4-8-13)16-19(17,18)12-6-5-11(9-14)15-10-12/h5-6,10,16H,2-4,7-8H2,1H3. The minimum atomic E-state index is -3.57. The summed E-state index contributed by atoms with van der Waals surface area (Å²) in [6, 6.07) is 4.70. The Kier molecular flexibility index (Phi) is 3.88. The average molecular weight is 279 g/mol. The fourth-order valence-corrected chi connectivity index (χ4v) is 3.83. The first-order chi connectivity index (χ1) is 8.95. The van der Waals surface area contributed by atoms with E-state index in [1.54, 1.807) is 0 Å². The Morgan fingerprint density at radius 1 is 1.32 bits per heavy atom. The van der Waals surface area contributed by atoms with E-state index < -0.39 is 10.0 Å². The normalized spacial score (nSPS) is 18.7. The highest BCUT2D eigenvalue weighted by Gasteiger charge is 2.32. The van der Waals surface area contributed by atoms with E-state index in [2.05, 4.69) is 9.71 Å². The molecule has 0 unspecified atom stereocenters. The van der Waals surface area contributed by atoms with Crippen molar-refractivity contribution in [2.45, 2.75) is 49.5 Å². The summed E-state index contributed by atoms with van der Waals surface area (Å²) >= 11 is 0. The molecule has 1 N–H and O–H groups in total. The van der Waals surface area contributed by atoms with Crippen molar-refractivity contribution in [1.29, 1.82) is 5.26 Å². The Hall–Kier alpha value is -1.45. The molecule has 0 radical (unpaired) electrons. The molecule has 0 atom stereocenters. The van der Waals surface area contributed by atoms with Crippen molar-refractivity contribution in [3.63, 3.8) is 0 Å². The topological polar surface area (TPSA) is 82.9 Å². The molecule has 5 nitrogen and oxygen atoms in total. The number of nitrogens with zero attached hydrogens (tertiary/aromatic N) is 2. The van der Waals surface area contributed by atoms with E-state index in [1.165, 1.54) is 18.3 Å². The van der Waals surface area contributed by atoms with Gasteiger partial charge in [-0.05, 0) is 31.9 Å². The number of nitrogens with one attached hydrogen (secondary N) is 1. The van der Waals surface area contributed by atoms with Gasteiger partial charge in [-0.25, -0.2) is 18.1 Å². The number of sulfonamides is 1. The molecular weight excluding hydrogens is 262 g/mol. The molecular formula is C13H17N3O2S. The number of aromatic nitrogens is 1. The van der Waals surface area contributed by atoms with Crippen molar-refractivity contribution in [3.8, 4) is 6.07 Å². The molecule has 1 heterocycles. The summed E-state index contributed by atoms with van der Waals surface area (Å²) in [5.41, 5.74) is -0.159. The van der Waals surface area contributed by atoms with Crippen LogP contribution in [-0.2, 0) is 10.0 Å². The van der Waals surface area contributed by atoms with E-state index in [4.69, 9.17) is 5.26 Å². The molecule has 1 aliphatic carbocycles. The van der Waals surface area contributed by atoms with Crippen molar-refractivity contribution in [3.05, 3.63) is 24.0 Å². The third-order valence-electron chi connectivity index (χ3n) is 3.50. The summed E-state index contributed by atoms with van der Waals surface area (Å²) in [6.07, 6.45) is 6.20. The molecule has 19 heavy (non-hydrogen) atoms. The molecule has 0 aromatic carbocycles. The van der Waals surface area contributed by atoms with Gasteiger partial charge in [-0.2, -0.15) is 5.26 Å². The van der Waals surface area contributed by atoms with E-state index in [0.29, 0.717) is 0 Å². The summed E-state index contributed by atoms with van der Waals surface area (Å²) in [4.78, 5) is 3.91. The number of hydrogen-bond acceptors (Lipinski definition) is 4. The molecule has 0 bridgehead atoms. The first kappa shape index (κ1) is 14.0. The van der Waals surface area contributed by atoms with E-state index in [-0.39, 0.29) is 16.1 Å². The van der Waals surface area contributed by atoms with Crippen LogP contribution in [0.4, 0.5) is 0 Å². The minimum absolute atomic E-state index is 0.110. The van der Waals surface area contributed by atoms with Crippen LogP contribution in [0, 0.1) is 11.3 Å². The lowest BCUT2D eigenvalue weighted by Gasteiger charge is -2.34. The van der Waals surface area contributed by atoms with Gasteiger partial charge < -0.3 is 0 Å². The summed E-state index contributed by atoms with van der Waals surface area (Å²) < 4.78 is 27.3. The number of nitriles is 1. The largest absolute Gasteiger partial charge is 0.244 e. The van der Waals surface area contributed by atoms with E-state index >= 15 is 0 Å². The SMILES string of the molecule is CC1(NS(=O)(=O)c2ccc(C#N)nc2)CCCCC1. The van der Waals surface area contributed by atoms with E-state index in [0.717, 1.165) is 32.1 Å². The Morgan fingerprint density at radius 2 is 2.00 bits per heavy atom. The second kappa shape index (κ2) is 5.27. The third kappa shape index (κ3) is 3.31. The van der Waals surface area contributed by atoms with Gasteiger partial charge in [-0.15, -0.1) is 0 Å². The smallest absolute Gasteiger partial charge is 0.242 e. The van der Waals surface area contributed by atoms with Crippen LogP contribution in [0.2, 0.25) is 0 Å². The second-order valence-electron chi connectivity index (χ2n) is 5.22. The first-order valence-corrected chi connectivity index (χ1v) is 7.84. The number of pyridine rings is 1. The van der Waals surface area contributed by atoms with Crippen LogP contribution in [0.15, 0.2) is 23.2 Å². The van der Waals surface area contributed by atoms with Gasteiger partial charge in [0.25, 0.3) is 0 Å². The van der Waals surface area contributed by atoms with Gasteiger partial charge in [-0.1, -0.05) is 19.3 Å². The van der Waals surface area contributed by atoms with Gasteiger partial charge in [0.05, 0.1) is 0 Å². The molecule has 1 aromatic heterocycles. The van der Waals surface area contributed by atoms with Crippen LogP contribution < -0.4 is 4.72 Å². The lowest BCUT2D eigenvalue weighted by atomic mass is 9.84. The van der Waals surface area contributed by atoms with Crippen LogP contribution >= 0.6 is 0 Å². The molecule has 1 saturated carbocycles. The summed E-state index contributed by atoms with van der Waals surface area (Å²) in [5, 5.41) is 8.66. The van der Waals surface area contributed by atoms with Crippen LogP contribution in [0.5, 0.6) is 0 Å². The van der Waals surface area contributed by atoms with Crippen molar-refractivity contribution >= 4 is 10.0 Å². The fraction of sp³-hybridized carbons (Fsp3) is 0.538.